The highest BCUT2D eigenvalue weighted by Crippen LogP contribution is 2.48. The van der Waals surface area contributed by atoms with Crippen LogP contribution in [0.25, 0.3) is 0 Å². The summed E-state index contributed by atoms with van der Waals surface area (Å²) >= 11 is 0. The summed E-state index contributed by atoms with van der Waals surface area (Å²) in [6.45, 7) is 2.32. The van der Waals surface area contributed by atoms with Gasteiger partial charge in [-0.25, -0.2) is 0 Å². The molecule has 0 unspecified atom stereocenters. The summed E-state index contributed by atoms with van der Waals surface area (Å²) in [7, 11) is 0. The van der Waals surface area contributed by atoms with Crippen LogP contribution < -0.4 is 0 Å². The summed E-state index contributed by atoms with van der Waals surface area (Å²) in [5, 5.41) is 19.6. The molecule has 0 aliphatic heterocycles. The van der Waals surface area contributed by atoms with Gasteiger partial charge in [-0.1, -0.05) is 82.6 Å². The number of rotatable bonds is 7. The molecule has 0 heterocycles. The van der Waals surface area contributed by atoms with E-state index in [1.807, 2.05) is 24.3 Å². The van der Waals surface area contributed by atoms with Gasteiger partial charge in [-0.05, 0) is 78.8 Å². The molecule has 2 N–H and O–H groups in total. The summed E-state index contributed by atoms with van der Waals surface area (Å²) < 4.78 is 0. The van der Waals surface area contributed by atoms with Crippen LogP contribution in [0.2, 0.25) is 0 Å². The van der Waals surface area contributed by atoms with Gasteiger partial charge in [0.05, 0.1) is 0 Å². The van der Waals surface area contributed by atoms with Crippen molar-refractivity contribution in [1.29, 1.82) is 0 Å². The van der Waals surface area contributed by atoms with Crippen molar-refractivity contribution in [3.8, 4) is 11.5 Å². The first-order valence-corrected chi connectivity index (χ1v) is 12.7. The number of benzene rings is 2. The molecule has 2 aliphatic rings. The second-order valence-electron chi connectivity index (χ2n) is 10.4. The molecule has 0 atom stereocenters. The van der Waals surface area contributed by atoms with Crippen LogP contribution in [0.3, 0.4) is 0 Å². The smallest absolute Gasteiger partial charge is 0.115 e. The minimum absolute atomic E-state index is 0.00386. The first kappa shape index (κ1) is 22.2. The summed E-state index contributed by atoms with van der Waals surface area (Å²) in [4.78, 5) is 0. The Balaban J connectivity index is 1.38. The van der Waals surface area contributed by atoms with Gasteiger partial charge in [0.1, 0.15) is 11.5 Å². The third kappa shape index (κ3) is 5.27. The maximum atomic E-state index is 9.79. The summed E-state index contributed by atoms with van der Waals surface area (Å²) in [5.41, 5.74) is 2.59. The van der Waals surface area contributed by atoms with E-state index in [2.05, 4.69) is 31.2 Å². The Morgan fingerprint density at radius 1 is 0.613 bits per heavy atom. The predicted octanol–water partition coefficient (Wildman–Crippen LogP) is 7.96. The van der Waals surface area contributed by atoms with Crippen molar-refractivity contribution in [2.75, 3.05) is 0 Å². The topological polar surface area (TPSA) is 40.5 Å². The van der Waals surface area contributed by atoms with Crippen molar-refractivity contribution in [2.24, 2.45) is 17.8 Å². The van der Waals surface area contributed by atoms with E-state index in [4.69, 9.17) is 0 Å². The van der Waals surface area contributed by atoms with Crippen molar-refractivity contribution in [3.63, 3.8) is 0 Å². The van der Waals surface area contributed by atoms with E-state index in [-0.39, 0.29) is 5.41 Å². The standard InChI is InChI=1S/C29H40O2/c1-2-3-22-4-6-23(7-5-22)8-9-24-18-20-29(21-19-24,25-10-14-27(30)15-11-25)26-12-16-28(31)17-13-26/h10-17,22-24,30-31H,2-9,18-21H2,1H3/t22-,23-. The van der Waals surface area contributed by atoms with Gasteiger partial charge in [-0.3, -0.25) is 0 Å². The van der Waals surface area contributed by atoms with Gasteiger partial charge in [0.15, 0.2) is 0 Å². The lowest BCUT2D eigenvalue weighted by Crippen LogP contribution is -2.33. The van der Waals surface area contributed by atoms with E-state index in [0.717, 1.165) is 30.6 Å². The van der Waals surface area contributed by atoms with Crippen LogP contribution >= 0.6 is 0 Å². The summed E-state index contributed by atoms with van der Waals surface area (Å²) in [5.74, 6) is 3.47. The molecule has 0 amide bonds. The van der Waals surface area contributed by atoms with Crippen LogP contribution in [-0.2, 0) is 5.41 Å². The van der Waals surface area contributed by atoms with E-state index in [1.165, 1.54) is 75.3 Å². The largest absolute Gasteiger partial charge is 0.508 e. The molecule has 2 aromatic rings. The molecule has 0 radical (unpaired) electrons. The van der Waals surface area contributed by atoms with Gasteiger partial charge in [0.2, 0.25) is 0 Å². The average molecular weight is 421 g/mol. The van der Waals surface area contributed by atoms with Crippen LogP contribution in [0.15, 0.2) is 48.5 Å². The Labute approximate surface area is 188 Å². The van der Waals surface area contributed by atoms with Crippen LogP contribution in [-0.4, -0.2) is 10.2 Å². The average Bonchev–Trinajstić information content (AvgIpc) is 2.80. The number of phenolic OH excluding ortho intramolecular Hbond substituents is 2. The molecule has 2 heteroatoms. The van der Waals surface area contributed by atoms with E-state index in [1.54, 1.807) is 0 Å². The Kier molecular flexibility index (Phi) is 7.25. The number of hydrogen-bond acceptors (Lipinski definition) is 2. The molecule has 2 saturated carbocycles. The van der Waals surface area contributed by atoms with Crippen molar-refractivity contribution in [3.05, 3.63) is 59.7 Å². The van der Waals surface area contributed by atoms with Gasteiger partial charge >= 0.3 is 0 Å². The third-order valence-corrected chi connectivity index (χ3v) is 8.44. The lowest BCUT2D eigenvalue weighted by Gasteiger charge is -2.42. The Morgan fingerprint density at radius 2 is 1.00 bits per heavy atom. The Hall–Kier alpha value is -1.96. The summed E-state index contributed by atoms with van der Waals surface area (Å²) in [6.07, 6.45) is 16.3. The highest BCUT2D eigenvalue weighted by molar-refractivity contribution is 5.43. The second kappa shape index (κ2) is 10.1. The molecule has 0 saturated heterocycles. The molecular formula is C29H40O2. The number of aromatic hydroxyl groups is 2. The van der Waals surface area contributed by atoms with E-state index >= 15 is 0 Å². The maximum Gasteiger partial charge on any atom is 0.115 e. The SMILES string of the molecule is CCC[C@H]1CC[C@H](CCC2CCC(c3ccc(O)cc3)(c3ccc(O)cc3)CC2)CC1. The number of hydrogen-bond donors (Lipinski definition) is 2. The molecule has 0 aromatic heterocycles. The monoisotopic (exact) mass is 420 g/mol. The van der Waals surface area contributed by atoms with Crippen LogP contribution in [0.4, 0.5) is 0 Å². The fourth-order valence-corrected chi connectivity index (χ4v) is 6.45. The lowest BCUT2D eigenvalue weighted by molar-refractivity contribution is 0.209. The molecule has 2 nitrogen and oxygen atoms in total. The second-order valence-corrected chi connectivity index (χ2v) is 10.4. The van der Waals surface area contributed by atoms with Crippen molar-refractivity contribution in [2.45, 2.75) is 89.4 Å². The van der Waals surface area contributed by atoms with Gasteiger partial charge in [0, 0.05) is 5.41 Å². The van der Waals surface area contributed by atoms with Crippen LogP contribution in [0.1, 0.15) is 95.1 Å². The molecule has 0 bridgehead atoms. The highest BCUT2D eigenvalue weighted by Gasteiger charge is 2.38. The Morgan fingerprint density at radius 3 is 1.42 bits per heavy atom. The lowest BCUT2D eigenvalue weighted by atomic mass is 9.62. The zero-order valence-electron chi connectivity index (χ0n) is 19.2. The molecule has 4 rings (SSSR count). The first-order chi connectivity index (χ1) is 15.1. The van der Waals surface area contributed by atoms with Crippen LogP contribution in [0, 0.1) is 17.8 Å². The molecular weight excluding hydrogens is 380 g/mol. The molecule has 2 aromatic carbocycles. The molecule has 2 aliphatic carbocycles. The zero-order chi connectivity index (χ0) is 21.7. The highest BCUT2D eigenvalue weighted by atomic mass is 16.3. The minimum atomic E-state index is -0.00386. The predicted molar refractivity (Wildman–Crippen MR) is 129 cm³/mol. The Bertz CT molecular complexity index is 744. The van der Waals surface area contributed by atoms with Gasteiger partial charge in [0.25, 0.3) is 0 Å². The van der Waals surface area contributed by atoms with Gasteiger partial charge in [-0.2, -0.15) is 0 Å². The molecule has 168 valence electrons. The third-order valence-electron chi connectivity index (χ3n) is 8.44. The first-order valence-electron chi connectivity index (χ1n) is 12.7. The normalized spacial score (nSPS) is 24.2. The van der Waals surface area contributed by atoms with Crippen molar-refractivity contribution in [1.82, 2.24) is 0 Å². The van der Waals surface area contributed by atoms with Crippen LogP contribution in [0.5, 0.6) is 11.5 Å². The fraction of sp³-hybridized carbons (Fsp3) is 0.586. The van der Waals surface area contributed by atoms with E-state index < -0.39 is 0 Å². The molecule has 31 heavy (non-hydrogen) atoms. The van der Waals surface area contributed by atoms with E-state index in [0.29, 0.717) is 11.5 Å². The van der Waals surface area contributed by atoms with Gasteiger partial charge < -0.3 is 10.2 Å². The molecule has 2 fully saturated rings. The van der Waals surface area contributed by atoms with Gasteiger partial charge in [-0.15, -0.1) is 0 Å². The number of phenols is 2. The zero-order valence-corrected chi connectivity index (χ0v) is 19.2. The fourth-order valence-electron chi connectivity index (χ4n) is 6.45. The quantitative estimate of drug-likeness (QED) is 0.477. The van der Waals surface area contributed by atoms with Crippen molar-refractivity contribution >= 4 is 0 Å². The van der Waals surface area contributed by atoms with Crippen molar-refractivity contribution < 1.29 is 10.2 Å². The summed E-state index contributed by atoms with van der Waals surface area (Å²) in [6, 6.07) is 15.6. The van der Waals surface area contributed by atoms with E-state index in [9.17, 15) is 10.2 Å². The maximum absolute atomic E-state index is 9.79. The molecule has 0 spiro atoms. The minimum Gasteiger partial charge on any atom is -0.508 e.